The zero-order valence-electron chi connectivity index (χ0n) is 21.4. The summed E-state index contributed by atoms with van der Waals surface area (Å²) in [5, 5.41) is 21.7. The van der Waals surface area contributed by atoms with Gasteiger partial charge in [0.25, 0.3) is 0 Å². The van der Waals surface area contributed by atoms with Crippen LogP contribution in [0, 0.1) is 0 Å². The molecule has 200 valence electrons. The number of aromatic nitrogens is 1. The van der Waals surface area contributed by atoms with Crippen LogP contribution in [0.4, 0.5) is 27.2 Å². The quantitative estimate of drug-likeness (QED) is 0.106. The maximum absolute atomic E-state index is 11.9. The number of azo groups is 2. The molecule has 0 saturated heterocycles. The van der Waals surface area contributed by atoms with Crippen molar-refractivity contribution in [3.05, 3.63) is 72.8 Å². The molecule has 0 spiro atoms. The molecule has 1 N–H and O–H groups in total. The Kier molecular flexibility index (Phi) is 9.59. The van der Waals surface area contributed by atoms with Gasteiger partial charge in [-0.15, -0.1) is 20.5 Å². The van der Waals surface area contributed by atoms with E-state index in [1.165, 1.54) is 29.6 Å². The Hall–Kier alpha value is -4.29. The highest BCUT2D eigenvalue weighted by Gasteiger charge is 2.17. The van der Waals surface area contributed by atoms with Crippen LogP contribution in [0.3, 0.4) is 0 Å². The number of anilines is 1. The number of nitrogens with zero attached hydrogens (tertiary/aromatic N) is 5. The van der Waals surface area contributed by atoms with Gasteiger partial charge in [-0.25, -0.2) is 14.6 Å². The second-order valence-electron chi connectivity index (χ2n) is 8.09. The molecule has 1 unspecified atom stereocenters. The average molecular weight is 563 g/mol. The first kappa shape index (κ1) is 27.7. The standard InChI is InChI=1S/C27H26N6O4S2/c1-4-24(34)37-17(3)26(35)36-15-14-18-6-8-20(9-7-18)30-32-23-16-22-25(39-23)29-27(38-22)33-31-21-12-10-19(11-13-21)28-5-2/h4,6-13,16-17,28H,1,5,14-15H2,2-3H3/b32-30+,33-31+. The minimum absolute atomic E-state index is 0.166. The molecule has 1 atom stereocenters. The largest absolute Gasteiger partial charge is 0.463 e. The molecule has 2 aromatic carbocycles. The molecular weight excluding hydrogens is 536 g/mol. The van der Waals surface area contributed by atoms with E-state index in [1.807, 2.05) is 54.6 Å². The summed E-state index contributed by atoms with van der Waals surface area (Å²) in [6.07, 6.45) is 0.528. The number of thiophene rings is 1. The smallest absolute Gasteiger partial charge is 0.347 e. The summed E-state index contributed by atoms with van der Waals surface area (Å²) in [7, 11) is 0. The normalized spacial score (nSPS) is 12.2. The van der Waals surface area contributed by atoms with Gasteiger partial charge in [0.05, 0.1) is 22.7 Å². The van der Waals surface area contributed by atoms with E-state index < -0.39 is 18.0 Å². The highest BCUT2D eigenvalue weighted by atomic mass is 32.1. The molecule has 0 amide bonds. The highest BCUT2D eigenvalue weighted by Crippen LogP contribution is 2.39. The molecule has 0 fully saturated rings. The van der Waals surface area contributed by atoms with E-state index in [4.69, 9.17) is 9.47 Å². The topological polar surface area (TPSA) is 127 Å². The van der Waals surface area contributed by atoms with Gasteiger partial charge in [0.2, 0.25) is 5.13 Å². The molecule has 2 heterocycles. The summed E-state index contributed by atoms with van der Waals surface area (Å²) < 4.78 is 11.0. The minimum atomic E-state index is -0.983. The zero-order chi connectivity index (χ0) is 27.6. The van der Waals surface area contributed by atoms with Crippen LogP contribution in [0.25, 0.3) is 9.53 Å². The number of hydrogen-bond donors (Lipinski definition) is 1. The minimum Gasteiger partial charge on any atom is -0.463 e. The van der Waals surface area contributed by atoms with E-state index in [2.05, 4.69) is 44.3 Å². The number of nitrogens with one attached hydrogen (secondary N) is 1. The van der Waals surface area contributed by atoms with Gasteiger partial charge in [0.15, 0.2) is 6.10 Å². The first-order chi connectivity index (χ1) is 18.9. The zero-order valence-corrected chi connectivity index (χ0v) is 23.0. The van der Waals surface area contributed by atoms with Gasteiger partial charge >= 0.3 is 11.9 Å². The van der Waals surface area contributed by atoms with E-state index in [-0.39, 0.29) is 6.61 Å². The predicted molar refractivity (Wildman–Crippen MR) is 153 cm³/mol. The summed E-state index contributed by atoms with van der Waals surface area (Å²) in [6.45, 7) is 7.83. The molecule has 0 radical (unpaired) electrons. The molecular formula is C27H26N6O4S2. The fourth-order valence-corrected chi connectivity index (χ4v) is 5.10. The van der Waals surface area contributed by atoms with Crippen LogP contribution >= 0.6 is 22.7 Å². The second kappa shape index (κ2) is 13.5. The predicted octanol–water partition coefficient (Wildman–Crippen LogP) is 7.82. The van der Waals surface area contributed by atoms with Gasteiger partial charge in [-0.2, -0.15) is 0 Å². The van der Waals surface area contributed by atoms with Gasteiger partial charge in [-0.1, -0.05) is 41.4 Å². The number of ether oxygens (including phenoxy) is 2. The van der Waals surface area contributed by atoms with Gasteiger partial charge < -0.3 is 14.8 Å². The van der Waals surface area contributed by atoms with E-state index in [9.17, 15) is 9.59 Å². The third-order valence-corrected chi connectivity index (χ3v) is 7.12. The van der Waals surface area contributed by atoms with Crippen LogP contribution in [0.5, 0.6) is 0 Å². The molecule has 39 heavy (non-hydrogen) atoms. The summed E-state index contributed by atoms with van der Waals surface area (Å²) in [6, 6.07) is 17.1. The Morgan fingerprint density at radius 2 is 1.72 bits per heavy atom. The first-order valence-corrected chi connectivity index (χ1v) is 13.7. The van der Waals surface area contributed by atoms with Crippen molar-refractivity contribution in [1.82, 2.24) is 4.98 Å². The van der Waals surface area contributed by atoms with Crippen molar-refractivity contribution in [2.24, 2.45) is 20.5 Å². The number of thiazole rings is 1. The fourth-order valence-electron chi connectivity index (χ4n) is 3.25. The van der Waals surface area contributed by atoms with E-state index in [1.54, 1.807) is 0 Å². The molecule has 4 aromatic rings. The van der Waals surface area contributed by atoms with Gasteiger partial charge in [0, 0.05) is 24.7 Å². The Morgan fingerprint density at radius 3 is 2.38 bits per heavy atom. The number of hydrogen-bond acceptors (Lipinski definition) is 12. The average Bonchev–Trinajstić information content (AvgIpc) is 3.51. The SMILES string of the molecule is C=CC(=O)OC(C)C(=O)OCCc1ccc(/N=N/c2cc3sc(/N=N/c4ccc(NCC)cc4)nc3s2)cc1. The lowest BCUT2D eigenvalue weighted by molar-refractivity contribution is -0.163. The molecule has 0 aliphatic heterocycles. The van der Waals surface area contributed by atoms with E-state index in [0.717, 1.165) is 44.1 Å². The summed E-state index contributed by atoms with van der Waals surface area (Å²) >= 11 is 2.88. The third kappa shape index (κ3) is 8.09. The van der Waals surface area contributed by atoms with Gasteiger partial charge in [-0.3, -0.25) is 0 Å². The first-order valence-electron chi connectivity index (χ1n) is 12.1. The number of esters is 2. The van der Waals surface area contributed by atoms with Crippen molar-refractivity contribution in [2.75, 3.05) is 18.5 Å². The van der Waals surface area contributed by atoms with Gasteiger partial charge in [0.1, 0.15) is 9.83 Å². The lowest BCUT2D eigenvalue weighted by atomic mass is 10.1. The lowest BCUT2D eigenvalue weighted by Gasteiger charge is -2.11. The Morgan fingerprint density at radius 1 is 1.03 bits per heavy atom. The van der Waals surface area contributed by atoms with Crippen LogP contribution in [-0.2, 0) is 25.5 Å². The maximum atomic E-state index is 11.9. The molecule has 0 bridgehead atoms. The number of carbonyl (C=O) groups excluding carboxylic acids is 2. The van der Waals surface area contributed by atoms with Crippen LogP contribution in [0.1, 0.15) is 19.4 Å². The Balaban J connectivity index is 1.27. The molecule has 12 heteroatoms. The van der Waals surface area contributed by atoms with Crippen molar-refractivity contribution < 1.29 is 19.1 Å². The van der Waals surface area contributed by atoms with Crippen LogP contribution in [0.2, 0.25) is 0 Å². The summed E-state index contributed by atoms with van der Waals surface area (Å²) in [4.78, 5) is 28.4. The molecule has 0 saturated carbocycles. The van der Waals surface area contributed by atoms with Crippen LogP contribution < -0.4 is 5.32 Å². The summed E-state index contributed by atoms with van der Waals surface area (Å²) in [5.41, 5.74) is 3.47. The molecule has 2 aromatic heterocycles. The van der Waals surface area contributed by atoms with Crippen molar-refractivity contribution in [1.29, 1.82) is 0 Å². The Bertz CT molecular complexity index is 1460. The lowest BCUT2D eigenvalue weighted by Crippen LogP contribution is -2.26. The van der Waals surface area contributed by atoms with E-state index >= 15 is 0 Å². The van der Waals surface area contributed by atoms with Crippen molar-refractivity contribution in [3.63, 3.8) is 0 Å². The number of rotatable bonds is 12. The highest BCUT2D eigenvalue weighted by molar-refractivity contribution is 7.30. The molecule has 0 aliphatic rings. The maximum Gasteiger partial charge on any atom is 0.347 e. The molecule has 4 rings (SSSR count). The van der Waals surface area contributed by atoms with Gasteiger partial charge in [-0.05, 0) is 61.9 Å². The number of benzene rings is 2. The molecule has 0 aliphatic carbocycles. The Labute approximate surface area is 233 Å². The second-order valence-corrected chi connectivity index (χ2v) is 10.1. The van der Waals surface area contributed by atoms with Crippen molar-refractivity contribution in [2.45, 2.75) is 26.4 Å². The summed E-state index contributed by atoms with van der Waals surface area (Å²) in [5.74, 6) is -1.28. The van der Waals surface area contributed by atoms with Crippen molar-refractivity contribution in [3.8, 4) is 0 Å². The molecule has 10 nitrogen and oxygen atoms in total. The van der Waals surface area contributed by atoms with Crippen LogP contribution in [0.15, 0.2) is 87.7 Å². The van der Waals surface area contributed by atoms with Crippen LogP contribution in [-0.4, -0.2) is 36.2 Å². The number of carbonyl (C=O) groups is 2. The third-order valence-electron chi connectivity index (χ3n) is 5.19. The fraction of sp³-hybridized carbons (Fsp3) is 0.222. The van der Waals surface area contributed by atoms with Crippen molar-refractivity contribution >= 4 is 71.3 Å². The monoisotopic (exact) mass is 562 g/mol. The number of fused-ring (bicyclic) bond motifs is 1. The van der Waals surface area contributed by atoms with E-state index in [0.29, 0.717) is 17.2 Å².